The third-order valence-corrected chi connectivity index (χ3v) is 3.40. The van der Waals surface area contributed by atoms with Gasteiger partial charge in [-0.3, -0.25) is 10.1 Å². The average molecular weight is 284 g/mol. The van der Waals surface area contributed by atoms with Crippen LogP contribution in [0.4, 0.5) is 15.8 Å². The van der Waals surface area contributed by atoms with Crippen molar-refractivity contribution in [1.82, 2.24) is 0 Å². The van der Waals surface area contributed by atoms with Crippen LogP contribution < -0.4 is 5.32 Å². The van der Waals surface area contributed by atoms with Gasteiger partial charge in [0.15, 0.2) is 5.82 Å². The summed E-state index contributed by atoms with van der Waals surface area (Å²) >= 11 is 0. The Balaban J connectivity index is 2.27. The molecule has 7 nitrogen and oxygen atoms in total. The number of rotatable bonds is 5. The predicted molar refractivity (Wildman–Crippen MR) is 67.3 cm³/mol. The molecule has 1 aliphatic rings. The van der Waals surface area contributed by atoms with Gasteiger partial charge < -0.3 is 15.5 Å². The molecule has 108 valence electrons. The fourth-order valence-electron chi connectivity index (χ4n) is 2.04. The van der Waals surface area contributed by atoms with E-state index in [1.165, 1.54) is 0 Å². The Morgan fingerprint density at radius 1 is 1.50 bits per heavy atom. The van der Waals surface area contributed by atoms with Gasteiger partial charge >= 0.3 is 5.97 Å². The molecule has 20 heavy (non-hydrogen) atoms. The number of nitrogens with one attached hydrogen (secondary N) is 1. The zero-order valence-corrected chi connectivity index (χ0v) is 10.4. The lowest BCUT2D eigenvalue weighted by Crippen LogP contribution is -2.43. The minimum absolute atomic E-state index is 0.0702. The predicted octanol–water partition coefficient (Wildman–Crippen LogP) is 1.76. The molecule has 0 atom stereocenters. The van der Waals surface area contributed by atoms with E-state index in [1.54, 1.807) is 0 Å². The van der Waals surface area contributed by atoms with E-state index >= 15 is 0 Å². The highest BCUT2D eigenvalue weighted by Crippen LogP contribution is 2.33. The summed E-state index contributed by atoms with van der Waals surface area (Å²) in [5.74, 6) is -2.44. The van der Waals surface area contributed by atoms with Crippen molar-refractivity contribution in [2.24, 2.45) is 0 Å². The number of aliphatic hydroxyl groups is 1. The summed E-state index contributed by atoms with van der Waals surface area (Å²) < 4.78 is 13.7. The lowest BCUT2D eigenvalue weighted by molar-refractivity contribution is -0.385. The Labute approximate surface area is 113 Å². The Morgan fingerprint density at radius 3 is 2.60 bits per heavy atom. The number of carbonyl (C=O) groups is 1. The molecule has 0 bridgehead atoms. The molecule has 1 fully saturated rings. The second kappa shape index (κ2) is 5.04. The Hall–Kier alpha value is -2.22. The number of hydrogen-bond donors (Lipinski definition) is 3. The first-order valence-corrected chi connectivity index (χ1v) is 6.00. The minimum atomic E-state index is -1.51. The molecular weight excluding hydrogens is 271 g/mol. The van der Waals surface area contributed by atoms with Crippen LogP contribution in [-0.4, -0.2) is 33.3 Å². The molecule has 1 aromatic rings. The molecule has 0 saturated heterocycles. The van der Waals surface area contributed by atoms with Crippen LogP contribution in [0, 0.1) is 15.9 Å². The number of nitro benzene ring substituents is 1. The van der Waals surface area contributed by atoms with Crippen molar-refractivity contribution in [3.8, 4) is 0 Å². The molecule has 0 radical (unpaired) electrons. The van der Waals surface area contributed by atoms with Gasteiger partial charge in [-0.05, 0) is 25.3 Å². The number of halogens is 1. The van der Waals surface area contributed by atoms with Crippen LogP contribution >= 0.6 is 0 Å². The largest absolute Gasteiger partial charge is 0.477 e. The lowest BCUT2D eigenvalue weighted by Gasteiger charge is -2.36. The van der Waals surface area contributed by atoms with Crippen LogP contribution in [0.25, 0.3) is 0 Å². The summed E-state index contributed by atoms with van der Waals surface area (Å²) in [7, 11) is 0. The molecule has 3 N–H and O–H groups in total. The van der Waals surface area contributed by atoms with Gasteiger partial charge in [-0.25, -0.2) is 9.18 Å². The second-order valence-corrected chi connectivity index (χ2v) is 4.84. The van der Waals surface area contributed by atoms with Crippen LogP contribution in [-0.2, 0) is 0 Å². The van der Waals surface area contributed by atoms with Gasteiger partial charge in [-0.15, -0.1) is 0 Å². The molecule has 1 aliphatic carbocycles. The molecule has 0 aliphatic heterocycles. The minimum Gasteiger partial charge on any atom is -0.477 e. The SMILES string of the molecule is O=C(O)c1cc(NCC2(O)CCC2)c(F)cc1[N+](=O)[O-]. The van der Waals surface area contributed by atoms with Gasteiger partial charge in [0.1, 0.15) is 5.56 Å². The molecular formula is C12H13FN2O5. The zero-order valence-electron chi connectivity index (χ0n) is 10.4. The first-order valence-electron chi connectivity index (χ1n) is 6.00. The number of hydrogen-bond acceptors (Lipinski definition) is 5. The molecule has 0 aromatic heterocycles. The molecule has 0 spiro atoms. The number of carboxylic acid groups (broad SMARTS) is 1. The highest BCUT2D eigenvalue weighted by atomic mass is 19.1. The zero-order chi connectivity index (χ0) is 14.9. The standard InChI is InChI=1S/C12H13FN2O5/c13-8-5-10(15(19)20)7(11(16)17)4-9(8)14-6-12(18)2-1-3-12/h4-5,14,18H,1-3,6H2,(H,16,17). The van der Waals surface area contributed by atoms with E-state index in [9.17, 15) is 24.4 Å². The van der Waals surface area contributed by atoms with Crippen molar-refractivity contribution in [2.75, 3.05) is 11.9 Å². The summed E-state index contributed by atoms with van der Waals surface area (Å²) in [6.45, 7) is 0.0702. The van der Waals surface area contributed by atoms with E-state index in [2.05, 4.69) is 5.32 Å². The van der Waals surface area contributed by atoms with E-state index in [0.29, 0.717) is 18.9 Å². The quantitative estimate of drug-likeness (QED) is 0.561. The maximum atomic E-state index is 13.7. The summed E-state index contributed by atoms with van der Waals surface area (Å²) in [6, 6.07) is 1.44. The van der Waals surface area contributed by atoms with Crippen molar-refractivity contribution in [3.63, 3.8) is 0 Å². The van der Waals surface area contributed by atoms with Gasteiger partial charge in [0, 0.05) is 6.54 Å². The fraction of sp³-hybridized carbons (Fsp3) is 0.417. The third kappa shape index (κ3) is 2.69. The normalized spacial score (nSPS) is 16.3. The number of nitro groups is 1. The third-order valence-electron chi connectivity index (χ3n) is 3.40. The van der Waals surface area contributed by atoms with Gasteiger partial charge in [0.25, 0.3) is 5.69 Å². The smallest absolute Gasteiger partial charge is 0.342 e. The van der Waals surface area contributed by atoms with Crippen LogP contribution in [0.15, 0.2) is 12.1 Å². The second-order valence-electron chi connectivity index (χ2n) is 4.84. The number of benzene rings is 1. The molecule has 8 heteroatoms. The molecule has 0 heterocycles. The molecule has 1 saturated carbocycles. The maximum Gasteiger partial charge on any atom is 0.342 e. The van der Waals surface area contributed by atoms with Crippen molar-refractivity contribution >= 4 is 17.3 Å². The molecule has 2 rings (SSSR count). The van der Waals surface area contributed by atoms with E-state index in [1.807, 2.05) is 0 Å². The highest BCUT2D eigenvalue weighted by Gasteiger charge is 2.34. The Kier molecular flexibility index (Phi) is 3.58. The van der Waals surface area contributed by atoms with Crippen LogP contribution in [0.1, 0.15) is 29.6 Å². The van der Waals surface area contributed by atoms with Crippen molar-refractivity contribution in [2.45, 2.75) is 24.9 Å². The van der Waals surface area contributed by atoms with E-state index < -0.39 is 33.6 Å². The number of carboxylic acids is 1. The van der Waals surface area contributed by atoms with E-state index in [4.69, 9.17) is 5.11 Å². The van der Waals surface area contributed by atoms with Crippen molar-refractivity contribution in [1.29, 1.82) is 0 Å². The molecule has 0 amide bonds. The summed E-state index contributed by atoms with van der Waals surface area (Å²) in [6.07, 6.45) is 2.04. The first-order chi connectivity index (χ1) is 9.32. The molecule has 0 unspecified atom stereocenters. The maximum absolute atomic E-state index is 13.7. The van der Waals surface area contributed by atoms with Gasteiger partial charge in [-0.2, -0.15) is 0 Å². The number of anilines is 1. The van der Waals surface area contributed by atoms with Gasteiger partial charge in [0.2, 0.25) is 0 Å². The van der Waals surface area contributed by atoms with Crippen LogP contribution in [0.5, 0.6) is 0 Å². The molecule has 1 aromatic carbocycles. The average Bonchev–Trinajstić information content (AvgIpc) is 2.34. The number of nitrogens with zero attached hydrogens (tertiary/aromatic N) is 1. The van der Waals surface area contributed by atoms with E-state index in [-0.39, 0.29) is 12.2 Å². The summed E-state index contributed by atoms with van der Waals surface area (Å²) in [5, 5.41) is 32.1. The highest BCUT2D eigenvalue weighted by molar-refractivity contribution is 5.93. The van der Waals surface area contributed by atoms with E-state index in [0.717, 1.165) is 12.5 Å². The van der Waals surface area contributed by atoms with Crippen LogP contribution in [0.2, 0.25) is 0 Å². The van der Waals surface area contributed by atoms with Crippen LogP contribution in [0.3, 0.4) is 0 Å². The lowest BCUT2D eigenvalue weighted by atomic mass is 9.80. The van der Waals surface area contributed by atoms with Gasteiger partial charge in [-0.1, -0.05) is 0 Å². The summed E-state index contributed by atoms with van der Waals surface area (Å²) in [4.78, 5) is 20.7. The topological polar surface area (TPSA) is 113 Å². The number of aromatic carboxylic acids is 1. The van der Waals surface area contributed by atoms with Crippen molar-refractivity contribution in [3.05, 3.63) is 33.6 Å². The van der Waals surface area contributed by atoms with Crippen molar-refractivity contribution < 1.29 is 24.3 Å². The Morgan fingerprint density at radius 2 is 2.15 bits per heavy atom. The van der Waals surface area contributed by atoms with Gasteiger partial charge in [0.05, 0.1) is 22.3 Å². The fourth-order valence-corrected chi connectivity index (χ4v) is 2.04. The summed E-state index contributed by atoms with van der Waals surface area (Å²) in [5.41, 5.74) is -2.49. The Bertz CT molecular complexity index is 571. The monoisotopic (exact) mass is 284 g/mol. The first kappa shape index (κ1) is 14.2.